The Hall–Kier alpha value is -2.46. The standard InChI is InChI=1S/C18H20F3NO5S/c1-3-26-16-9-4-13(12-17(16)25-2)10-11-22-28(23,24)15-7-5-14(6-8-15)27-18(19,20)21/h4-9,12,22H,3,10-11H2,1-2H3. The Kier molecular flexibility index (Phi) is 7.14. The van der Waals surface area contributed by atoms with Gasteiger partial charge < -0.3 is 14.2 Å². The number of nitrogens with one attached hydrogen (secondary N) is 1. The van der Waals surface area contributed by atoms with Gasteiger partial charge in [-0.3, -0.25) is 0 Å². The van der Waals surface area contributed by atoms with E-state index < -0.39 is 22.1 Å². The molecule has 0 saturated carbocycles. The molecule has 0 fully saturated rings. The van der Waals surface area contributed by atoms with Gasteiger partial charge in [0.15, 0.2) is 11.5 Å². The second-order valence-corrected chi connectivity index (χ2v) is 7.35. The maximum atomic E-state index is 12.3. The SMILES string of the molecule is CCOc1ccc(CCNS(=O)(=O)c2ccc(OC(F)(F)F)cc2)cc1OC. The molecule has 0 heterocycles. The monoisotopic (exact) mass is 419 g/mol. The summed E-state index contributed by atoms with van der Waals surface area (Å²) >= 11 is 0. The summed E-state index contributed by atoms with van der Waals surface area (Å²) in [5, 5.41) is 0. The van der Waals surface area contributed by atoms with Crippen molar-refractivity contribution in [2.24, 2.45) is 0 Å². The van der Waals surface area contributed by atoms with E-state index in [0.29, 0.717) is 24.5 Å². The molecule has 10 heteroatoms. The molecular weight excluding hydrogens is 399 g/mol. The zero-order valence-corrected chi connectivity index (χ0v) is 16.1. The molecule has 2 aromatic rings. The van der Waals surface area contributed by atoms with Crippen molar-refractivity contribution < 1.29 is 35.8 Å². The molecule has 28 heavy (non-hydrogen) atoms. The van der Waals surface area contributed by atoms with E-state index in [1.807, 2.05) is 6.92 Å². The summed E-state index contributed by atoms with van der Waals surface area (Å²) in [5.74, 6) is 0.644. The fraction of sp³-hybridized carbons (Fsp3) is 0.333. The molecule has 0 radical (unpaired) electrons. The second kappa shape index (κ2) is 9.16. The Morgan fingerprint density at radius 1 is 1.04 bits per heavy atom. The van der Waals surface area contributed by atoms with Gasteiger partial charge in [0.25, 0.3) is 0 Å². The van der Waals surface area contributed by atoms with Gasteiger partial charge in [0.1, 0.15) is 5.75 Å². The van der Waals surface area contributed by atoms with Crippen LogP contribution in [-0.4, -0.2) is 35.0 Å². The Labute approximate surface area is 161 Å². The molecular formula is C18H20F3NO5S. The van der Waals surface area contributed by atoms with Crippen LogP contribution in [0.3, 0.4) is 0 Å². The molecule has 0 amide bonds. The number of alkyl halides is 3. The van der Waals surface area contributed by atoms with E-state index in [1.165, 1.54) is 7.11 Å². The molecule has 2 rings (SSSR count). The molecule has 2 aromatic carbocycles. The van der Waals surface area contributed by atoms with Crippen molar-refractivity contribution in [3.63, 3.8) is 0 Å². The lowest BCUT2D eigenvalue weighted by Crippen LogP contribution is -2.26. The number of halogens is 3. The number of sulfonamides is 1. The number of hydrogen-bond acceptors (Lipinski definition) is 5. The van der Waals surface area contributed by atoms with E-state index >= 15 is 0 Å². The molecule has 1 N–H and O–H groups in total. The van der Waals surface area contributed by atoms with Crippen LogP contribution in [0.2, 0.25) is 0 Å². The zero-order valence-electron chi connectivity index (χ0n) is 15.2. The normalized spacial score (nSPS) is 11.9. The third-order valence-corrected chi connectivity index (χ3v) is 5.08. The molecule has 0 aliphatic carbocycles. The summed E-state index contributed by atoms with van der Waals surface area (Å²) in [4.78, 5) is -0.161. The van der Waals surface area contributed by atoms with Gasteiger partial charge in [-0.15, -0.1) is 13.2 Å². The first-order valence-corrected chi connectivity index (χ1v) is 9.78. The van der Waals surface area contributed by atoms with E-state index in [-0.39, 0.29) is 11.4 Å². The van der Waals surface area contributed by atoms with Crippen LogP contribution in [0.25, 0.3) is 0 Å². The van der Waals surface area contributed by atoms with Crippen LogP contribution in [0, 0.1) is 0 Å². The molecule has 0 spiro atoms. The van der Waals surface area contributed by atoms with Crippen LogP contribution in [0.1, 0.15) is 12.5 Å². The molecule has 0 aliphatic rings. The van der Waals surface area contributed by atoms with Crippen LogP contribution in [0.4, 0.5) is 13.2 Å². The van der Waals surface area contributed by atoms with Crippen molar-refractivity contribution in [2.75, 3.05) is 20.3 Å². The first-order valence-electron chi connectivity index (χ1n) is 8.30. The van der Waals surface area contributed by atoms with Crippen molar-refractivity contribution >= 4 is 10.0 Å². The number of ether oxygens (including phenoxy) is 3. The number of rotatable bonds is 9. The van der Waals surface area contributed by atoms with Gasteiger partial charge in [-0.1, -0.05) is 6.07 Å². The van der Waals surface area contributed by atoms with Gasteiger partial charge in [-0.25, -0.2) is 13.1 Å². The minimum atomic E-state index is -4.84. The van der Waals surface area contributed by atoms with Gasteiger partial charge >= 0.3 is 6.36 Å². The Morgan fingerprint density at radius 2 is 1.71 bits per heavy atom. The molecule has 0 bridgehead atoms. The van der Waals surface area contributed by atoms with Crippen LogP contribution in [0.5, 0.6) is 17.2 Å². The van der Waals surface area contributed by atoms with Gasteiger partial charge in [-0.05, 0) is 55.3 Å². The number of hydrogen-bond donors (Lipinski definition) is 1. The van der Waals surface area contributed by atoms with Gasteiger partial charge in [0, 0.05) is 6.54 Å². The topological polar surface area (TPSA) is 73.9 Å². The zero-order chi connectivity index (χ0) is 20.8. The summed E-state index contributed by atoms with van der Waals surface area (Å²) < 4.78 is 77.8. The minimum absolute atomic E-state index is 0.0975. The van der Waals surface area contributed by atoms with E-state index in [0.717, 1.165) is 29.8 Å². The molecule has 6 nitrogen and oxygen atoms in total. The lowest BCUT2D eigenvalue weighted by molar-refractivity contribution is -0.274. The molecule has 154 valence electrons. The average molecular weight is 419 g/mol. The van der Waals surface area contributed by atoms with Gasteiger partial charge in [0.2, 0.25) is 10.0 Å². The largest absolute Gasteiger partial charge is 0.573 e. The van der Waals surface area contributed by atoms with Gasteiger partial charge in [0.05, 0.1) is 18.6 Å². The van der Waals surface area contributed by atoms with Crippen molar-refractivity contribution in [1.82, 2.24) is 4.72 Å². The van der Waals surface area contributed by atoms with E-state index in [2.05, 4.69) is 9.46 Å². The van der Waals surface area contributed by atoms with Crippen molar-refractivity contribution in [2.45, 2.75) is 24.6 Å². The quantitative estimate of drug-likeness (QED) is 0.673. The van der Waals surface area contributed by atoms with E-state index in [9.17, 15) is 21.6 Å². The number of benzene rings is 2. The lowest BCUT2D eigenvalue weighted by Gasteiger charge is -2.12. The summed E-state index contributed by atoms with van der Waals surface area (Å²) in [6.45, 7) is 2.44. The van der Waals surface area contributed by atoms with Crippen molar-refractivity contribution in [3.8, 4) is 17.2 Å². The fourth-order valence-electron chi connectivity index (χ4n) is 2.38. The maximum Gasteiger partial charge on any atom is 0.573 e. The fourth-order valence-corrected chi connectivity index (χ4v) is 3.41. The summed E-state index contributed by atoms with van der Waals surface area (Å²) in [6.07, 6.45) is -4.45. The third kappa shape index (κ3) is 6.31. The predicted molar refractivity (Wildman–Crippen MR) is 96.2 cm³/mol. The highest BCUT2D eigenvalue weighted by atomic mass is 32.2. The molecule has 0 atom stereocenters. The summed E-state index contributed by atoms with van der Waals surface area (Å²) in [5.41, 5.74) is 0.830. The van der Waals surface area contributed by atoms with Crippen molar-refractivity contribution in [3.05, 3.63) is 48.0 Å². The van der Waals surface area contributed by atoms with Crippen LogP contribution in [0.15, 0.2) is 47.4 Å². The maximum absolute atomic E-state index is 12.3. The first kappa shape index (κ1) is 21.8. The van der Waals surface area contributed by atoms with Crippen LogP contribution < -0.4 is 18.9 Å². The smallest absolute Gasteiger partial charge is 0.493 e. The minimum Gasteiger partial charge on any atom is -0.493 e. The lowest BCUT2D eigenvalue weighted by atomic mass is 10.1. The van der Waals surface area contributed by atoms with E-state index in [1.54, 1.807) is 18.2 Å². The molecule has 0 saturated heterocycles. The van der Waals surface area contributed by atoms with Crippen molar-refractivity contribution in [1.29, 1.82) is 0 Å². The third-order valence-electron chi connectivity index (χ3n) is 3.60. The molecule has 0 aliphatic heterocycles. The highest BCUT2D eigenvalue weighted by Gasteiger charge is 2.31. The summed E-state index contributed by atoms with van der Waals surface area (Å²) in [6, 6.07) is 9.27. The Morgan fingerprint density at radius 3 is 2.29 bits per heavy atom. The Balaban J connectivity index is 1.98. The number of methoxy groups -OCH3 is 1. The van der Waals surface area contributed by atoms with E-state index in [4.69, 9.17) is 9.47 Å². The second-order valence-electron chi connectivity index (χ2n) is 5.59. The molecule has 0 aromatic heterocycles. The van der Waals surface area contributed by atoms with Crippen LogP contribution >= 0.6 is 0 Å². The van der Waals surface area contributed by atoms with Crippen LogP contribution in [-0.2, 0) is 16.4 Å². The predicted octanol–water partition coefficient (Wildman–Crippen LogP) is 3.51. The van der Waals surface area contributed by atoms with Gasteiger partial charge in [-0.2, -0.15) is 0 Å². The average Bonchev–Trinajstić information content (AvgIpc) is 2.62. The molecule has 0 unspecified atom stereocenters. The highest BCUT2D eigenvalue weighted by molar-refractivity contribution is 7.89. The Bertz CT molecular complexity index is 883. The summed E-state index contributed by atoms with van der Waals surface area (Å²) in [7, 11) is -2.36. The highest BCUT2D eigenvalue weighted by Crippen LogP contribution is 2.28. The first-order chi connectivity index (χ1) is 13.1.